The molecule has 0 fully saturated rings. The molecule has 0 unspecified atom stereocenters. The molecule has 0 saturated carbocycles. The minimum Gasteiger partial charge on any atom is -0.481 e. The Hall–Kier alpha value is -2.21. The van der Waals surface area contributed by atoms with Crippen LogP contribution in [-0.4, -0.2) is 28.5 Å². The van der Waals surface area contributed by atoms with Crippen molar-refractivity contribution in [2.75, 3.05) is 11.4 Å². The van der Waals surface area contributed by atoms with Gasteiger partial charge in [-0.1, -0.05) is 18.2 Å². The van der Waals surface area contributed by atoms with Gasteiger partial charge >= 0.3 is 5.97 Å². The van der Waals surface area contributed by atoms with Crippen LogP contribution in [0.2, 0.25) is 0 Å². The predicted molar refractivity (Wildman–Crippen MR) is 82.0 cm³/mol. The SMILES string of the molecule is Cc1ncc(C(=O)N(CCC(=O)O)c2ccccc2C)s1. The van der Waals surface area contributed by atoms with Crippen LogP contribution in [0.3, 0.4) is 0 Å². The highest BCUT2D eigenvalue weighted by Crippen LogP contribution is 2.24. The molecule has 0 atom stereocenters. The van der Waals surface area contributed by atoms with Gasteiger partial charge in [0.25, 0.3) is 5.91 Å². The molecule has 1 amide bonds. The number of para-hydroxylation sites is 1. The van der Waals surface area contributed by atoms with E-state index in [2.05, 4.69) is 4.98 Å². The van der Waals surface area contributed by atoms with E-state index in [1.807, 2.05) is 38.1 Å². The fourth-order valence-corrected chi connectivity index (χ4v) is 2.72. The molecule has 2 rings (SSSR count). The van der Waals surface area contributed by atoms with Crippen molar-refractivity contribution in [2.45, 2.75) is 20.3 Å². The lowest BCUT2D eigenvalue weighted by Gasteiger charge is -2.23. The summed E-state index contributed by atoms with van der Waals surface area (Å²) in [4.78, 5) is 29.6. The van der Waals surface area contributed by atoms with Crippen LogP contribution in [0.1, 0.15) is 26.7 Å². The van der Waals surface area contributed by atoms with Crippen molar-refractivity contribution < 1.29 is 14.7 Å². The first kappa shape index (κ1) is 15.2. The van der Waals surface area contributed by atoms with Crippen LogP contribution in [0.5, 0.6) is 0 Å². The number of rotatable bonds is 5. The first-order chi connectivity index (χ1) is 9.99. The average Bonchev–Trinajstić information content (AvgIpc) is 2.87. The highest BCUT2D eigenvalue weighted by molar-refractivity contribution is 7.13. The zero-order valence-corrected chi connectivity index (χ0v) is 12.7. The minimum atomic E-state index is -0.929. The first-order valence-electron chi connectivity index (χ1n) is 6.50. The number of aliphatic carboxylic acids is 1. The molecule has 1 aromatic carbocycles. The molecule has 0 saturated heterocycles. The van der Waals surface area contributed by atoms with Gasteiger partial charge in [0.2, 0.25) is 0 Å². The molecule has 0 aliphatic carbocycles. The number of anilines is 1. The van der Waals surface area contributed by atoms with Crippen molar-refractivity contribution >= 4 is 28.9 Å². The van der Waals surface area contributed by atoms with E-state index in [1.54, 1.807) is 0 Å². The molecular weight excluding hydrogens is 288 g/mol. The van der Waals surface area contributed by atoms with Gasteiger partial charge in [0.05, 0.1) is 17.6 Å². The molecule has 0 radical (unpaired) electrons. The van der Waals surface area contributed by atoms with Gasteiger partial charge < -0.3 is 10.0 Å². The molecule has 1 aromatic heterocycles. The van der Waals surface area contributed by atoms with Crippen molar-refractivity contribution in [3.05, 3.63) is 45.9 Å². The number of hydrogen-bond acceptors (Lipinski definition) is 4. The van der Waals surface area contributed by atoms with E-state index in [9.17, 15) is 9.59 Å². The fourth-order valence-electron chi connectivity index (χ4n) is 2.00. The monoisotopic (exact) mass is 304 g/mol. The summed E-state index contributed by atoms with van der Waals surface area (Å²) in [6.07, 6.45) is 1.44. The van der Waals surface area contributed by atoms with E-state index in [0.717, 1.165) is 16.3 Å². The maximum absolute atomic E-state index is 12.6. The summed E-state index contributed by atoms with van der Waals surface area (Å²) in [6, 6.07) is 7.44. The van der Waals surface area contributed by atoms with Crippen molar-refractivity contribution in [3.63, 3.8) is 0 Å². The molecular formula is C15H16N2O3S. The second-order valence-electron chi connectivity index (χ2n) is 4.63. The molecule has 110 valence electrons. The molecule has 0 aliphatic rings. The normalized spacial score (nSPS) is 10.4. The Morgan fingerprint density at radius 3 is 2.57 bits per heavy atom. The Labute approximate surface area is 126 Å². The maximum Gasteiger partial charge on any atom is 0.305 e. The number of carbonyl (C=O) groups is 2. The number of benzene rings is 1. The Morgan fingerprint density at radius 2 is 2.00 bits per heavy atom. The van der Waals surface area contributed by atoms with E-state index in [0.29, 0.717) is 4.88 Å². The second-order valence-corrected chi connectivity index (χ2v) is 5.87. The number of nitrogens with zero attached hydrogens (tertiary/aromatic N) is 2. The summed E-state index contributed by atoms with van der Waals surface area (Å²) < 4.78 is 0. The van der Waals surface area contributed by atoms with E-state index in [-0.39, 0.29) is 18.9 Å². The third kappa shape index (κ3) is 3.66. The summed E-state index contributed by atoms with van der Waals surface area (Å²) in [5, 5.41) is 9.69. The van der Waals surface area contributed by atoms with Gasteiger partial charge in [-0.2, -0.15) is 0 Å². The van der Waals surface area contributed by atoms with Crippen LogP contribution < -0.4 is 4.90 Å². The number of amides is 1. The summed E-state index contributed by atoms with van der Waals surface area (Å²) >= 11 is 1.31. The number of aryl methyl sites for hydroxylation is 2. The molecule has 2 aromatic rings. The Kier molecular flexibility index (Phi) is 4.70. The van der Waals surface area contributed by atoms with Crippen LogP contribution in [0.15, 0.2) is 30.5 Å². The van der Waals surface area contributed by atoms with Crippen LogP contribution >= 0.6 is 11.3 Å². The van der Waals surface area contributed by atoms with Crippen molar-refractivity contribution in [3.8, 4) is 0 Å². The topological polar surface area (TPSA) is 70.5 Å². The third-order valence-electron chi connectivity index (χ3n) is 3.03. The summed E-state index contributed by atoms with van der Waals surface area (Å²) in [6.45, 7) is 3.86. The van der Waals surface area contributed by atoms with Crippen molar-refractivity contribution in [2.24, 2.45) is 0 Å². The highest BCUT2D eigenvalue weighted by Gasteiger charge is 2.21. The standard InChI is InChI=1S/C15H16N2O3S/c1-10-5-3-4-6-12(10)17(8-7-14(18)19)15(20)13-9-16-11(2)21-13/h3-6,9H,7-8H2,1-2H3,(H,18,19). The van der Waals surface area contributed by atoms with E-state index < -0.39 is 5.97 Å². The molecule has 5 nitrogen and oxygen atoms in total. The first-order valence-corrected chi connectivity index (χ1v) is 7.32. The average molecular weight is 304 g/mol. The minimum absolute atomic E-state index is 0.0993. The molecule has 1 N–H and O–H groups in total. The number of hydrogen-bond donors (Lipinski definition) is 1. The zero-order valence-electron chi connectivity index (χ0n) is 11.9. The second kappa shape index (κ2) is 6.49. The van der Waals surface area contributed by atoms with Crippen LogP contribution in [0.25, 0.3) is 0 Å². The lowest BCUT2D eigenvalue weighted by molar-refractivity contribution is -0.136. The Bertz CT molecular complexity index is 666. The van der Waals surface area contributed by atoms with Gasteiger partial charge in [-0.15, -0.1) is 11.3 Å². The lowest BCUT2D eigenvalue weighted by atomic mass is 10.1. The lowest BCUT2D eigenvalue weighted by Crippen LogP contribution is -2.33. The zero-order chi connectivity index (χ0) is 15.4. The number of carboxylic acid groups (broad SMARTS) is 1. The molecule has 1 heterocycles. The molecule has 0 aliphatic heterocycles. The van der Waals surface area contributed by atoms with Gasteiger partial charge in [-0.3, -0.25) is 9.59 Å². The number of carbonyl (C=O) groups excluding carboxylic acids is 1. The quantitative estimate of drug-likeness (QED) is 0.922. The van der Waals surface area contributed by atoms with Crippen LogP contribution in [0.4, 0.5) is 5.69 Å². The number of aromatic nitrogens is 1. The molecule has 6 heteroatoms. The summed E-state index contributed by atoms with van der Waals surface area (Å²) in [5.74, 6) is -1.14. The molecule has 0 bridgehead atoms. The maximum atomic E-state index is 12.6. The van der Waals surface area contributed by atoms with E-state index in [4.69, 9.17) is 5.11 Å². The third-order valence-corrected chi connectivity index (χ3v) is 3.93. The fraction of sp³-hybridized carbons (Fsp3) is 0.267. The largest absolute Gasteiger partial charge is 0.481 e. The number of thiazole rings is 1. The summed E-state index contributed by atoms with van der Waals surface area (Å²) in [7, 11) is 0. The molecule has 21 heavy (non-hydrogen) atoms. The smallest absolute Gasteiger partial charge is 0.305 e. The summed E-state index contributed by atoms with van der Waals surface area (Å²) in [5.41, 5.74) is 1.66. The predicted octanol–water partition coefficient (Wildman–Crippen LogP) is 2.88. The van der Waals surface area contributed by atoms with Gasteiger partial charge in [0.15, 0.2) is 0 Å². The highest BCUT2D eigenvalue weighted by atomic mass is 32.1. The Balaban J connectivity index is 2.34. The van der Waals surface area contributed by atoms with E-state index >= 15 is 0 Å². The van der Waals surface area contributed by atoms with Gasteiger partial charge in [-0.05, 0) is 25.5 Å². The van der Waals surface area contributed by atoms with Crippen LogP contribution in [0, 0.1) is 13.8 Å². The van der Waals surface area contributed by atoms with Crippen molar-refractivity contribution in [1.29, 1.82) is 0 Å². The Morgan fingerprint density at radius 1 is 1.29 bits per heavy atom. The van der Waals surface area contributed by atoms with Gasteiger partial charge in [0.1, 0.15) is 4.88 Å². The van der Waals surface area contributed by atoms with Gasteiger partial charge in [0, 0.05) is 12.2 Å². The molecule has 0 spiro atoms. The van der Waals surface area contributed by atoms with E-state index in [1.165, 1.54) is 22.4 Å². The van der Waals surface area contributed by atoms with Gasteiger partial charge in [-0.25, -0.2) is 4.98 Å². The van der Waals surface area contributed by atoms with Crippen LogP contribution in [-0.2, 0) is 4.79 Å². The number of carboxylic acids is 1. The van der Waals surface area contributed by atoms with Crippen molar-refractivity contribution in [1.82, 2.24) is 4.98 Å².